The molecule has 0 bridgehead atoms. The molecule has 0 atom stereocenters. The molecule has 32 heavy (non-hydrogen) atoms. The van der Waals surface area contributed by atoms with E-state index < -0.39 is 0 Å². The smallest absolute Gasteiger partial charge is 0.282 e. The summed E-state index contributed by atoms with van der Waals surface area (Å²) in [7, 11) is 0. The Kier molecular flexibility index (Phi) is 6.15. The van der Waals surface area contributed by atoms with Gasteiger partial charge in [-0.1, -0.05) is 66.2 Å². The van der Waals surface area contributed by atoms with Gasteiger partial charge in [-0.25, -0.2) is 4.90 Å². The van der Waals surface area contributed by atoms with Crippen LogP contribution < -0.4 is 4.90 Å². The number of amides is 2. The molecule has 0 spiro atoms. The average Bonchev–Trinajstić information content (AvgIpc) is 3.05. The molecule has 5 heteroatoms. The number of carbonyl (C=O) groups excluding carboxylic acids is 2. The molecule has 1 heterocycles. The van der Waals surface area contributed by atoms with E-state index in [1.807, 2.05) is 74.2 Å². The van der Waals surface area contributed by atoms with E-state index in [0.717, 1.165) is 16.7 Å². The number of anilines is 1. The summed E-state index contributed by atoms with van der Waals surface area (Å²) in [5.41, 5.74) is 5.15. The van der Waals surface area contributed by atoms with Crippen molar-refractivity contribution in [2.75, 3.05) is 11.4 Å². The number of hydrogen-bond donors (Lipinski definition) is 0. The van der Waals surface area contributed by atoms with E-state index in [9.17, 15) is 9.59 Å². The molecule has 2 amide bonds. The molecule has 0 fully saturated rings. The number of carbonyl (C=O) groups is 2. The van der Waals surface area contributed by atoms with Crippen molar-refractivity contribution in [3.8, 4) is 0 Å². The summed E-state index contributed by atoms with van der Waals surface area (Å²) >= 11 is 6.09. The molecule has 0 aliphatic carbocycles. The van der Waals surface area contributed by atoms with Crippen LogP contribution >= 0.6 is 11.6 Å². The first-order chi connectivity index (χ1) is 15.4. The first-order valence-electron chi connectivity index (χ1n) is 10.7. The first-order valence-corrected chi connectivity index (χ1v) is 11.0. The van der Waals surface area contributed by atoms with Gasteiger partial charge in [0.1, 0.15) is 5.70 Å². The quantitative estimate of drug-likeness (QED) is 0.453. The molecule has 0 aromatic heterocycles. The predicted molar refractivity (Wildman–Crippen MR) is 129 cm³/mol. The van der Waals surface area contributed by atoms with Crippen molar-refractivity contribution in [3.05, 3.63) is 106 Å². The first kappa shape index (κ1) is 21.8. The maximum atomic E-state index is 13.8. The van der Waals surface area contributed by atoms with Crippen LogP contribution in [0.4, 0.5) is 5.69 Å². The molecule has 3 aromatic carbocycles. The molecule has 162 valence electrons. The Hall–Kier alpha value is -3.37. The summed E-state index contributed by atoms with van der Waals surface area (Å²) in [6.07, 6.45) is 0. The zero-order valence-electron chi connectivity index (χ0n) is 18.4. The molecule has 1 aliphatic rings. The van der Waals surface area contributed by atoms with Crippen LogP contribution in [0.3, 0.4) is 0 Å². The van der Waals surface area contributed by atoms with Gasteiger partial charge in [-0.2, -0.15) is 0 Å². The van der Waals surface area contributed by atoms with E-state index in [-0.39, 0.29) is 11.8 Å². The molecule has 0 saturated carbocycles. The van der Waals surface area contributed by atoms with Crippen molar-refractivity contribution < 1.29 is 9.59 Å². The van der Waals surface area contributed by atoms with Gasteiger partial charge in [-0.05, 0) is 61.2 Å². The minimum absolute atomic E-state index is 0.300. The van der Waals surface area contributed by atoms with Crippen LogP contribution in [0.25, 0.3) is 5.57 Å². The largest absolute Gasteiger partial charge is 0.362 e. The normalized spacial score (nSPS) is 13.8. The second kappa shape index (κ2) is 9.01. The third kappa shape index (κ3) is 3.94. The molecule has 4 rings (SSSR count). The van der Waals surface area contributed by atoms with Crippen molar-refractivity contribution in [1.29, 1.82) is 0 Å². The van der Waals surface area contributed by atoms with Gasteiger partial charge in [0.15, 0.2) is 0 Å². The van der Waals surface area contributed by atoms with Crippen LogP contribution in [0.15, 0.2) is 78.5 Å². The summed E-state index contributed by atoms with van der Waals surface area (Å²) in [4.78, 5) is 30.8. The SMILES string of the molecule is CCN(Cc1ccccc1)C1=C(c2ccc(Cl)cc2)C(=O)N(c2cccc(C)c2C)C1=O. The summed E-state index contributed by atoms with van der Waals surface area (Å²) in [6, 6.07) is 22.7. The molecule has 4 nitrogen and oxygen atoms in total. The van der Waals surface area contributed by atoms with Crippen LogP contribution in [0.5, 0.6) is 0 Å². The zero-order valence-corrected chi connectivity index (χ0v) is 19.2. The predicted octanol–water partition coefficient (Wildman–Crippen LogP) is 5.76. The molecule has 0 N–H and O–H groups in total. The number of benzene rings is 3. The van der Waals surface area contributed by atoms with Crippen LogP contribution in [0.1, 0.15) is 29.2 Å². The maximum absolute atomic E-state index is 13.8. The average molecular weight is 445 g/mol. The van der Waals surface area contributed by atoms with E-state index in [1.165, 1.54) is 4.90 Å². The number of nitrogens with zero attached hydrogens (tertiary/aromatic N) is 2. The topological polar surface area (TPSA) is 40.6 Å². The lowest BCUT2D eigenvalue weighted by Crippen LogP contribution is -2.35. The number of aryl methyl sites for hydroxylation is 1. The fraction of sp³-hybridized carbons (Fsp3) is 0.185. The number of imide groups is 1. The van der Waals surface area contributed by atoms with Gasteiger partial charge in [-0.3, -0.25) is 9.59 Å². The van der Waals surface area contributed by atoms with Crippen molar-refractivity contribution in [1.82, 2.24) is 4.90 Å². The highest BCUT2D eigenvalue weighted by atomic mass is 35.5. The van der Waals surface area contributed by atoms with E-state index in [2.05, 4.69) is 0 Å². The fourth-order valence-electron chi connectivity index (χ4n) is 4.04. The molecule has 0 unspecified atom stereocenters. The van der Waals surface area contributed by atoms with Gasteiger partial charge >= 0.3 is 0 Å². The fourth-order valence-corrected chi connectivity index (χ4v) is 4.16. The van der Waals surface area contributed by atoms with Gasteiger partial charge in [0.25, 0.3) is 11.8 Å². The lowest BCUT2D eigenvalue weighted by molar-refractivity contribution is -0.120. The number of likely N-dealkylation sites (N-methyl/N-ethyl adjacent to an activating group) is 1. The highest BCUT2D eigenvalue weighted by molar-refractivity contribution is 6.45. The Morgan fingerprint density at radius 3 is 2.19 bits per heavy atom. The zero-order chi connectivity index (χ0) is 22.8. The Morgan fingerprint density at radius 1 is 0.844 bits per heavy atom. The van der Waals surface area contributed by atoms with E-state index >= 15 is 0 Å². The second-order valence-electron chi connectivity index (χ2n) is 7.90. The Balaban J connectivity index is 1.86. The third-order valence-electron chi connectivity index (χ3n) is 5.92. The molecule has 3 aromatic rings. The maximum Gasteiger partial charge on any atom is 0.282 e. The van der Waals surface area contributed by atoms with Crippen LogP contribution in [-0.2, 0) is 16.1 Å². The summed E-state index contributed by atoms with van der Waals surface area (Å²) < 4.78 is 0. The van der Waals surface area contributed by atoms with Gasteiger partial charge < -0.3 is 4.90 Å². The summed E-state index contributed by atoms with van der Waals surface area (Å²) in [5, 5.41) is 0.579. The highest BCUT2D eigenvalue weighted by Crippen LogP contribution is 2.37. The molecule has 1 aliphatic heterocycles. The monoisotopic (exact) mass is 444 g/mol. The van der Waals surface area contributed by atoms with E-state index in [1.54, 1.807) is 24.3 Å². The minimum Gasteiger partial charge on any atom is -0.362 e. The molecular weight excluding hydrogens is 420 g/mol. The Morgan fingerprint density at radius 2 is 1.53 bits per heavy atom. The van der Waals surface area contributed by atoms with Crippen LogP contribution in [-0.4, -0.2) is 23.3 Å². The van der Waals surface area contributed by atoms with Crippen LogP contribution in [0, 0.1) is 13.8 Å². The number of rotatable bonds is 6. The van der Waals surface area contributed by atoms with E-state index in [0.29, 0.717) is 40.6 Å². The standard InChI is InChI=1S/C27H25ClN2O2/c1-4-29(17-20-10-6-5-7-11-20)25-24(21-13-15-22(28)16-14-21)26(31)30(27(25)32)23-12-8-9-18(2)19(23)3/h5-16H,4,17H2,1-3H3. The van der Waals surface area contributed by atoms with Gasteiger partial charge in [0, 0.05) is 18.1 Å². The number of halogens is 1. The second-order valence-corrected chi connectivity index (χ2v) is 8.33. The van der Waals surface area contributed by atoms with Gasteiger partial charge in [0.2, 0.25) is 0 Å². The lowest BCUT2D eigenvalue weighted by Gasteiger charge is -2.25. The van der Waals surface area contributed by atoms with Crippen LogP contribution in [0.2, 0.25) is 5.02 Å². The van der Waals surface area contributed by atoms with Crippen molar-refractivity contribution in [3.63, 3.8) is 0 Å². The lowest BCUT2D eigenvalue weighted by atomic mass is 10.0. The van der Waals surface area contributed by atoms with Crippen molar-refractivity contribution >= 4 is 34.7 Å². The molecule has 0 radical (unpaired) electrons. The highest BCUT2D eigenvalue weighted by Gasteiger charge is 2.42. The summed E-state index contributed by atoms with van der Waals surface area (Å²) in [6.45, 7) is 7.02. The molecule has 0 saturated heterocycles. The Labute approximate surface area is 193 Å². The Bertz CT molecular complexity index is 1200. The van der Waals surface area contributed by atoms with Crippen molar-refractivity contribution in [2.24, 2.45) is 0 Å². The summed E-state index contributed by atoms with van der Waals surface area (Å²) in [5.74, 6) is -0.612. The minimum atomic E-state index is -0.312. The van der Waals surface area contributed by atoms with Gasteiger partial charge in [-0.15, -0.1) is 0 Å². The number of hydrogen-bond acceptors (Lipinski definition) is 3. The van der Waals surface area contributed by atoms with Gasteiger partial charge in [0.05, 0.1) is 11.3 Å². The van der Waals surface area contributed by atoms with E-state index in [4.69, 9.17) is 11.6 Å². The molecular formula is C27H25ClN2O2. The third-order valence-corrected chi connectivity index (χ3v) is 6.18. The van der Waals surface area contributed by atoms with Crippen molar-refractivity contribution in [2.45, 2.75) is 27.3 Å².